The van der Waals surface area contributed by atoms with Gasteiger partial charge in [-0.3, -0.25) is 9.80 Å². The van der Waals surface area contributed by atoms with E-state index in [1.807, 2.05) is 6.07 Å². The van der Waals surface area contributed by atoms with Crippen molar-refractivity contribution in [2.24, 2.45) is 10.9 Å². The maximum absolute atomic E-state index is 8.94. The second-order valence-corrected chi connectivity index (χ2v) is 5.63. The Hall–Kier alpha value is -1.59. The third kappa shape index (κ3) is 4.44. The van der Waals surface area contributed by atoms with Gasteiger partial charge in [0.05, 0.1) is 6.04 Å². The van der Waals surface area contributed by atoms with Crippen molar-refractivity contribution < 1.29 is 5.21 Å². The van der Waals surface area contributed by atoms with Crippen molar-refractivity contribution in [3.8, 4) is 0 Å². The van der Waals surface area contributed by atoms with Crippen LogP contribution in [0.1, 0.15) is 25.3 Å². The Morgan fingerprint density at radius 2 is 1.90 bits per heavy atom. The van der Waals surface area contributed by atoms with Crippen LogP contribution in [0.15, 0.2) is 35.5 Å². The van der Waals surface area contributed by atoms with E-state index in [2.05, 4.69) is 46.1 Å². The first-order valence-corrected chi connectivity index (χ1v) is 7.72. The number of benzene rings is 1. The number of nitrogens with zero attached hydrogens (tertiary/aromatic N) is 3. The maximum Gasteiger partial charge on any atom is 0.156 e. The van der Waals surface area contributed by atoms with Crippen molar-refractivity contribution in [2.75, 3.05) is 26.2 Å². The van der Waals surface area contributed by atoms with Crippen LogP contribution >= 0.6 is 0 Å². The fraction of sp³-hybridized carbons (Fsp3) is 0.562. The lowest BCUT2D eigenvalue weighted by molar-refractivity contribution is 0.108. The van der Waals surface area contributed by atoms with Crippen LogP contribution in [0.4, 0.5) is 0 Å². The maximum atomic E-state index is 8.94. The molecular formula is C16H26N4O. The molecule has 1 atom stereocenters. The fourth-order valence-electron chi connectivity index (χ4n) is 2.93. The van der Waals surface area contributed by atoms with Crippen LogP contribution in [0.5, 0.6) is 0 Å². The Morgan fingerprint density at radius 1 is 1.24 bits per heavy atom. The monoisotopic (exact) mass is 290 g/mol. The molecular weight excluding hydrogens is 264 g/mol. The molecule has 2 rings (SSSR count). The van der Waals surface area contributed by atoms with Crippen LogP contribution in [-0.4, -0.2) is 53.1 Å². The third-order valence-electron chi connectivity index (χ3n) is 4.12. The quantitative estimate of drug-likeness (QED) is 0.362. The molecule has 0 aliphatic carbocycles. The average molecular weight is 290 g/mol. The van der Waals surface area contributed by atoms with E-state index in [1.54, 1.807) is 0 Å². The van der Waals surface area contributed by atoms with Crippen LogP contribution in [-0.2, 0) is 6.54 Å². The lowest BCUT2D eigenvalue weighted by Crippen LogP contribution is -2.53. The summed E-state index contributed by atoms with van der Waals surface area (Å²) < 4.78 is 0. The van der Waals surface area contributed by atoms with Gasteiger partial charge < -0.3 is 10.9 Å². The number of rotatable bonds is 6. The van der Waals surface area contributed by atoms with E-state index < -0.39 is 0 Å². The molecule has 1 aromatic carbocycles. The Bertz CT molecular complexity index is 441. The molecule has 1 fully saturated rings. The fourth-order valence-corrected chi connectivity index (χ4v) is 2.93. The van der Waals surface area contributed by atoms with Crippen molar-refractivity contribution in [3.63, 3.8) is 0 Å². The standard InChI is InChI=1S/C16H26N4O/c1-2-6-15(16(17)18-21)20-11-9-19(10-12-20)13-14-7-4-3-5-8-14/h3-5,7-8,15,21H,2,6,9-13H2,1H3,(H2,17,18). The molecule has 5 nitrogen and oxygen atoms in total. The third-order valence-corrected chi connectivity index (χ3v) is 4.12. The smallest absolute Gasteiger partial charge is 0.156 e. The first-order valence-electron chi connectivity index (χ1n) is 7.72. The molecule has 3 N–H and O–H groups in total. The highest BCUT2D eigenvalue weighted by atomic mass is 16.4. The summed E-state index contributed by atoms with van der Waals surface area (Å²) in [4.78, 5) is 4.79. The molecule has 116 valence electrons. The molecule has 21 heavy (non-hydrogen) atoms. The molecule has 0 bridgehead atoms. The Balaban J connectivity index is 1.87. The van der Waals surface area contributed by atoms with E-state index in [1.165, 1.54) is 5.56 Å². The zero-order valence-electron chi connectivity index (χ0n) is 12.8. The van der Waals surface area contributed by atoms with Gasteiger partial charge in [0.1, 0.15) is 0 Å². The van der Waals surface area contributed by atoms with Gasteiger partial charge in [0.25, 0.3) is 0 Å². The Kier molecular flexibility index (Phi) is 6.02. The number of hydrogen-bond acceptors (Lipinski definition) is 4. The highest BCUT2D eigenvalue weighted by Crippen LogP contribution is 2.13. The van der Waals surface area contributed by atoms with Crippen molar-refractivity contribution in [1.82, 2.24) is 9.80 Å². The van der Waals surface area contributed by atoms with E-state index in [4.69, 9.17) is 10.9 Å². The van der Waals surface area contributed by atoms with Gasteiger partial charge in [-0.05, 0) is 12.0 Å². The minimum absolute atomic E-state index is 0.0684. The van der Waals surface area contributed by atoms with Gasteiger partial charge in [0, 0.05) is 32.7 Å². The van der Waals surface area contributed by atoms with E-state index in [0.29, 0.717) is 5.84 Å². The van der Waals surface area contributed by atoms with Crippen LogP contribution in [0.2, 0.25) is 0 Å². The number of hydrogen-bond donors (Lipinski definition) is 2. The van der Waals surface area contributed by atoms with Gasteiger partial charge in [-0.2, -0.15) is 0 Å². The predicted molar refractivity (Wildman–Crippen MR) is 85.4 cm³/mol. The molecule has 0 radical (unpaired) electrons. The summed E-state index contributed by atoms with van der Waals surface area (Å²) in [5.41, 5.74) is 7.19. The van der Waals surface area contributed by atoms with E-state index in [0.717, 1.165) is 45.6 Å². The number of oxime groups is 1. The molecule has 0 amide bonds. The lowest BCUT2D eigenvalue weighted by Gasteiger charge is -2.38. The molecule has 1 aromatic rings. The summed E-state index contributed by atoms with van der Waals surface area (Å²) in [5, 5.41) is 12.1. The van der Waals surface area contributed by atoms with Gasteiger partial charge in [-0.1, -0.05) is 48.8 Å². The van der Waals surface area contributed by atoms with Crippen molar-refractivity contribution in [2.45, 2.75) is 32.4 Å². The highest BCUT2D eigenvalue weighted by Gasteiger charge is 2.26. The molecule has 1 heterocycles. The normalized spacial score (nSPS) is 19.6. The molecule has 0 saturated carbocycles. The van der Waals surface area contributed by atoms with Gasteiger partial charge in [0.2, 0.25) is 0 Å². The van der Waals surface area contributed by atoms with E-state index >= 15 is 0 Å². The summed E-state index contributed by atoms with van der Waals surface area (Å²) in [6.07, 6.45) is 1.97. The number of nitrogens with two attached hydrogens (primary N) is 1. The van der Waals surface area contributed by atoms with Gasteiger partial charge in [-0.15, -0.1) is 0 Å². The van der Waals surface area contributed by atoms with Gasteiger partial charge >= 0.3 is 0 Å². The molecule has 1 aliphatic heterocycles. The summed E-state index contributed by atoms with van der Waals surface area (Å²) in [7, 11) is 0. The van der Waals surface area contributed by atoms with E-state index in [9.17, 15) is 0 Å². The minimum atomic E-state index is 0.0684. The second kappa shape index (κ2) is 8.00. The largest absolute Gasteiger partial charge is 0.409 e. The minimum Gasteiger partial charge on any atom is -0.409 e. The first kappa shape index (κ1) is 15.8. The van der Waals surface area contributed by atoms with Crippen LogP contribution in [0.3, 0.4) is 0 Å². The summed E-state index contributed by atoms with van der Waals surface area (Å²) in [6.45, 7) is 7.10. The topological polar surface area (TPSA) is 65.1 Å². The Labute approximate surface area is 127 Å². The van der Waals surface area contributed by atoms with Gasteiger partial charge in [-0.25, -0.2) is 0 Å². The van der Waals surface area contributed by atoms with Crippen molar-refractivity contribution >= 4 is 5.84 Å². The molecule has 1 saturated heterocycles. The SMILES string of the molecule is CCCC(C(N)=NO)N1CCN(Cc2ccccc2)CC1. The lowest BCUT2D eigenvalue weighted by atomic mass is 10.1. The molecule has 1 unspecified atom stereocenters. The van der Waals surface area contributed by atoms with Crippen molar-refractivity contribution in [3.05, 3.63) is 35.9 Å². The van der Waals surface area contributed by atoms with Gasteiger partial charge in [0.15, 0.2) is 5.84 Å². The van der Waals surface area contributed by atoms with E-state index in [-0.39, 0.29) is 6.04 Å². The molecule has 5 heteroatoms. The Morgan fingerprint density at radius 3 is 2.48 bits per heavy atom. The molecule has 0 spiro atoms. The summed E-state index contributed by atoms with van der Waals surface area (Å²) >= 11 is 0. The predicted octanol–water partition coefficient (Wildman–Crippen LogP) is 1.72. The zero-order chi connectivity index (χ0) is 15.1. The average Bonchev–Trinajstić information content (AvgIpc) is 2.54. The number of amidine groups is 1. The molecule has 1 aliphatic rings. The van der Waals surface area contributed by atoms with Crippen LogP contribution < -0.4 is 5.73 Å². The summed E-state index contributed by atoms with van der Waals surface area (Å²) in [5.74, 6) is 0.341. The second-order valence-electron chi connectivity index (χ2n) is 5.63. The van der Waals surface area contributed by atoms with Crippen molar-refractivity contribution in [1.29, 1.82) is 0 Å². The summed E-state index contributed by atoms with van der Waals surface area (Å²) in [6, 6.07) is 10.6. The first-order chi connectivity index (χ1) is 10.2. The number of piperazine rings is 1. The van der Waals surface area contributed by atoms with Crippen LogP contribution in [0, 0.1) is 0 Å². The van der Waals surface area contributed by atoms with Crippen LogP contribution in [0.25, 0.3) is 0 Å². The molecule has 0 aromatic heterocycles. The highest BCUT2D eigenvalue weighted by molar-refractivity contribution is 5.85. The zero-order valence-corrected chi connectivity index (χ0v) is 12.8.